The summed E-state index contributed by atoms with van der Waals surface area (Å²) in [5.74, 6) is 2.30. The van der Waals surface area contributed by atoms with Gasteiger partial charge in [-0.3, -0.25) is 10.1 Å². The third-order valence-corrected chi connectivity index (χ3v) is 3.71. The van der Waals surface area contributed by atoms with Crippen LogP contribution in [0.1, 0.15) is 12.1 Å². The maximum atomic E-state index is 11.8. The average Bonchev–Trinajstić information content (AvgIpc) is 2.68. The number of aryl methyl sites for hydroxylation is 1. The number of carbonyl (C=O) groups excluding carboxylic acids is 1. The van der Waals surface area contributed by atoms with Gasteiger partial charge in [-0.15, -0.1) is 0 Å². The van der Waals surface area contributed by atoms with Gasteiger partial charge in [0.05, 0.1) is 0 Å². The molecule has 1 atom stereocenters. The Kier molecular flexibility index (Phi) is 3.66. The lowest BCUT2D eigenvalue weighted by Crippen LogP contribution is -2.23. The van der Waals surface area contributed by atoms with Crippen molar-refractivity contribution >= 4 is 35.2 Å². The van der Waals surface area contributed by atoms with Crippen molar-refractivity contribution in [2.75, 3.05) is 16.8 Å². The van der Waals surface area contributed by atoms with E-state index in [4.69, 9.17) is 11.6 Å². The molecule has 1 aromatic rings. The molecule has 1 amide bonds. The summed E-state index contributed by atoms with van der Waals surface area (Å²) < 4.78 is 0. The van der Waals surface area contributed by atoms with Crippen LogP contribution in [0.25, 0.3) is 0 Å². The highest BCUT2D eigenvalue weighted by atomic mass is 35.5. The minimum absolute atomic E-state index is 0.00772. The molecule has 0 aliphatic carbocycles. The van der Waals surface area contributed by atoms with Gasteiger partial charge >= 0.3 is 0 Å². The molecular formula is C10H12ClN3OS. The molecule has 1 saturated heterocycles. The van der Waals surface area contributed by atoms with Crippen LogP contribution in [0.2, 0.25) is 5.15 Å². The highest BCUT2D eigenvalue weighted by molar-refractivity contribution is 7.99. The summed E-state index contributed by atoms with van der Waals surface area (Å²) in [6, 6.07) is 1.66. The molecule has 1 N–H and O–H groups in total. The lowest BCUT2D eigenvalue weighted by atomic mass is 10.1. The van der Waals surface area contributed by atoms with E-state index in [1.165, 1.54) is 0 Å². The molecule has 0 spiro atoms. The Balaban J connectivity index is 2.05. The Hall–Kier alpha value is -0.810. The molecule has 6 heteroatoms. The molecule has 0 radical (unpaired) electrons. The number of hydrogen-bond acceptors (Lipinski definition) is 4. The monoisotopic (exact) mass is 257 g/mol. The third kappa shape index (κ3) is 2.86. The van der Waals surface area contributed by atoms with Crippen LogP contribution in [-0.2, 0) is 4.79 Å². The van der Waals surface area contributed by atoms with E-state index in [0.29, 0.717) is 11.1 Å². The Bertz CT molecular complexity index is 387. The van der Waals surface area contributed by atoms with Crippen LogP contribution in [0.3, 0.4) is 0 Å². The highest BCUT2D eigenvalue weighted by Crippen LogP contribution is 2.24. The number of halogens is 1. The SMILES string of the molecule is Cc1cc(Cl)nc(NC(=O)C2CCSC2)n1. The number of rotatable bonds is 2. The van der Waals surface area contributed by atoms with Gasteiger partial charge in [0.25, 0.3) is 0 Å². The average molecular weight is 258 g/mol. The number of hydrogen-bond donors (Lipinski definition) is 1. The van der Waals surface area contributed by atoms with Gasteiger partial charge in [-0.2, -0.15) is 11.8 Å². The van der Waals surface area contributed by atoms with Crippen LogP contribution in [0, 0.1) is 12.8 Å². The Morgan fingerprint density at radius 3 is 3.06 bits per heavy atom. The molecule has 86 valence electrons. The van der Waals surface area contributed by atoms with E-state index in [9.17, 15) is 4.79 Å². The summed E-state index contributed by atoms with van der Waals surface area (Å²) in [7, 11) is 0. The fourth-order valence-electron chi connectivity index (χ4n) is 1.54. The molecule has 1 fully saturated rings. The van der Waals surface area contributed by atoms with Gasteiger partial charge in [0, 0.05) is 17.4 Å². The molecule has 0 aromatic carbocycles. The fourth-order valence-corrected chi connectivity index (χ4v) is 3.00. The Labute approximate surface area is 103 Å². The second-order valence-electron chi connectivity index (χ2n) is 3.71. The summed E-state index contributed by atoms with van der Waals surface area (Å²) in [4.78, 5) is 19.9. The van der Waals surface area contributed by atoms with Crippen molar-refractivity contribution < 1.29 is 4.79 Å². The van der Waals surface area contributed by atoms with Crippen molar-refractivity contribution in [3.8, 4) is 0 Å². The molecule has 1 unspecified atom stereocenters. The van der Waals surface area contributed by atoms with Gasteiger partial charge in [-0.05, 0) is 25.2 Å². The van der Waals surface area contributed by atoms with Crippen LogP contribution in [0.5, 0.6) is 0 Å². The summed E-state index contributed by atoms with van der Waals surface area (Å²) in [5.41, 5.74) is 0.746. The lowest BCUT2D eigenvalue weighted by molar-refractivity contribution is -0.119. The normalized spacial score (nSPS) is 19.8. The quantitative estimate of drug-likeness (QED) is 0.825. The number of amides is 1. The standard InChI is InChI=1S/C10H12ClN3OS/c1-6-4-8(11)13-10(12-6)14-9(15)7-2-3-16-5-7/h4,7H,2-3,5H2,1H3,(H,12,13,14,15). The van der Waals surface area contributed by atoms with Gasteiger partial charge in [0.1, 0.15) is 5.15 Å². The second kappa shape index (κ2) is 5.01. The van der Waals surface area contributed by atoms with Crippen molar-refractivity contribution in [2.24, 2.45) is 5.92 Å². The predicted octanol–water partition coefficient (Wildman–Crippen LogP) is 2.13. The van der Waals surface area contributed by atoms with E-state index in [0.717, 1.165) is 23.6 Å². The zero-order valence-corrected chi connectivity index (χ0v) is 10.4. The van der Waals surface area contributed by atoms with Crippen LogP contribution < -0.4 is 5.32 Å². The summed E-state index contributed by atoms with van der Waals surface area (Å²) in [6.45, 7) is 1.81. The van der Waals surface area contributed by atoms with E-state index in [1.54, 1.807) is 17.8 Å². The molecule has 2 rings (SSSR count). The van der Waals surface area contributed by atoms with Crippen molar-refractivity contribution in [1.29, 1.82) is 0 Å². The smallest absolute Gasteiger partial charge is 0.231 e. The van der Waals surface area contributed by atoms with Gasteiger partial charge in [-0.25, -0.2) is 9.97 Å². The Morgan fingerprint density at radius 2 is 2.44 bits per heavy atom. The first-order valence-electron chi connectivity index (χ1n) is 5.05. The minimum Gasteiger partial charge on any atom is -0.294 e. The number of nitrogens with zero attached hydrogens (tertiary/aromatic N) is 2. The number of thioether (sulfide) groups is 1. The van der Waals surface area contributed by atoms with Crippen LogP contribution in [0.4, 0.5) is 5.95 Å². The minimum atomic E-state index is -0.00772. The topological polar surface area (TPSA) is 54.9 Å². The number of anilines is 1. The van der Waals surface area contributed by atoms with E-state index in [-0.39, 0.29) is 11.8 Å². The first kappa shape index (κ1) is 11.7. The van der Waals surface area contributed by atoms with Gasteiger partial charge in [0.15, 0.2) is 0 Å². The van der Waals surface area contributed by atoms with Crippen molar-refractivity contribution in [2.45, 2.75) is 13.3 Å². The van der Waals surface area contributed by atoms with Gasteiger partial charge in [-0.1, -0.05) is 11.6 Å². The number of aromatic nitrogens is 2. The first-order valence-corrected chi connectivity index (χ1v) is 6.58. The van der Waals surface area contributed by atoms with Crippen molar-refractivity contribution in [3.05, 3.63) is 16.9 Å². The summed E-state index contributed by atoms with van der Waals surface area (Å²) in [5, 5.41) is 3.06. The third-order valence-electron chi connectivity index (χ3n) is 2.36. The Morgan fingerprint density at radius 1 is 1.62 bits per heavy atom. The van der Waals surface area contributed by atoms with Crippen LogP contribution in [0.15, 0.2) is 6.07 Å². The largest absolute Gasteiger partial charge is 0.294 e. The molecule has 0 bridgehead atoms. The number of nitrogens with one attached hydrogen (secondary N) is 1. The molecule has 16 heavy (non-hydrogen) atoms. The summed E-state index contributed by atoms with van der Waals surface area (Å²) in [6.07, 6.45) is 0.927. The fraction of sp³-hybridized carbons (Fsp3) is 0.500. The lowest BCUT2D eigenvalue weighted by Gasteiger charge is -2.08. The number of carbonyl (C=O) groups is 1. The molecule has 1 aliphatic rings. The molecule has 4 nitrogen and oxygen atoms in total. The molecule has 1 aliphatic heterocycles. The zero-order chi connectivity index (χ0) is 11.5. The molecule has 2 heterocycles. The predicted molar refractivity (Wildman–Crippen MR) is 65.8 cm³/mol. The van der Waals surface area contributed by atoms with E-state index < -0.39 is 0 Å². The highest BCUT2D eigenvalue weighted by Gasteiger charge is 2.23. The van der Waals surface area contributed by atoms with Gasteiger partial charge in [0.2, 0.25) is 11.9 Å². The van der Waals surface area contributed by atoms with Crippen LogP contribution >= 0.6 is 23.4 Å². The van der Waals surface area contributed by atoms with E-state index in [2.05, 4.69) is 15.3 Å². The van der Waals surface area contributed by atoms with E-state index >= 15 is 0 Å². The maximum absolute atomic E-state index is 11.8. The molecule has 1 aromatic heterocycles. The zero-order valence-electron chi connectivity index (χ0n) is 8.86. The maximum Gasteiger partial charge on any atom is 0.231 e. The summed E-state index contributed by atoms with van der Waals surface area (Å²) >= 11 is 7.59. The second-order valence-corrected chi connectivity index (χ2v) is 5.24. The van der Waals surface area contributed by atoms with Crippen LogP contribution in [-0.4, -0.2) is 27.4 Å². The van der Waals surface area contributed by atoms with Gasteiger partial charge < -0.3 is 0 Å². The first-order chi connectivity index (χ1) is 7.65. The van der Waals surface area contributed by atoms with Crippen molar-refractivity contribution in [1.82, 2.24) is 9.97 Å². The molecular weight excluding hydrogens is 246 g/mol. The van der Waals surface area contributed by atoms with E-state index in [1.807, 2.05) is 6.92 Å². The van der Waals surface area contributed by atoms with Crippen molar-refractivity contribution in [3.63, 3.8) is 0 Å². The molecule has 0 saturated carbocycles.